The summed E-state index contributed by atoms with van der Waals surface area (Å²) in [5, 5.41) is 22.7. The summed E-state index contributed by atoms with van der Waals surface area (Å²) in [5.74, 6) is -4.84. The maximum atomic E-state index is 14.2. The number of H-pyrrole nitrogens is 1. The second kappa shape index (κ2) is 18.1. The van der Waals surface area contributed by atoms with Crippen LogP contribution in [0.2, 0.25) is 0 Å². The van der Waals surface area contributed by atoms with Crippen molar-refractivity contribution >= 4 is 57.4 Å². The summed E-state index contributed by atoms with van der Waals surface area (Å²) in [6.07, 6.45) is -0.000878. The van der Waals surface area contributed by atoms with Gasteiger partial charge in [-0.2, -0.15) is 0 Å². The number of benzene rings is 4. The summed E-state index contributed by atoms with van der Waals surface area (Å²) < 4.78 is 5.47. The normalized spacial score (nSPS) is 13.5. The first-order chi connectivity index (χ1) is 26.6. The first-order valence-electron chi connectivity index (χ1n) is 18.1. The fourth-order valence-electron chi connectivity index (χ4n) is 6.26. The van der Waals surface area contributed by atoms with E-state index in [0.717, 1.165) is 21.7 Å². The number of alkyl carbamates (subject to hydrolysis) is 1. The summed E-state index contributed by atoms with van der Waals surface area (Å²) >= 11 is 0. The summed E-state index contributed by atoms with van der Waals surface area (Å²) in [5.41, 5.74) is 7.58. The predicted molar refractivity (Wildman–Crippen MR) is 210 cm³/mol. The molecule has 1 heterocycles. The van der Waals surface area contributed by atoms with E-state index in [2.05, 4.69) is 26.3 Å². The number of aliphatic carboxylic acids is 1. The molecule has 0 radical (unpaired) electrons. The van der Waals surface area contributed by atoms with Gasteiger partial charge in [-0.15, -0.1) is 0 Å². The predicted octanol–water partition coefficient (Wildman–Crippen LogP) is 3.66. The van der Waals surface area contributed by atoms with Crippen molar-refractivity contribution in [2.75, 3.05) is 0 Å². The van der Waals surface area contributed by atoms with Gasteiger partial charge in [0.15, 0.2) is 0 Å². The van der Waals surface area contributed by atoms with Crippen LogP contribution in [0, 0.1) is 0 Å². The molecule has 1 aromatic heterocycles. The van der Waals surface area contributed by atoms with Gasteiger partial charge >= 0.3 is 12.1 Å². The van der Waals surface area contributed by atoms with Crippen LogP contribution in [0.1, 0.15) is 43.9 Å². The number of primary amides is 1. The van der Waals surface area contributed by atoms with E-state index in [4.69, 9.17) is 10.5 Å². The van der Waals surface area contributed by atoms with Gasteiger partial charge in [0.1, 0.15) is 29.8 Å². The Morgan fingerprint density at radius 2 is 1.23 bits per heavy atom. The lowest BCUT2D eigenvalue weighted by Gasteiger charge is -2.27. The van der Waals surface area contributed by atoms with Crippen molar-refractivity contribution in [2.45, 2.75) is 76.2 Å². The lowest BCUT2D eigenvalue weighted by atomic mass is 9.99. The molecule has 0 fully saturated rings. The number of nitrogens with two attached hydrogens (primary N) is 1. The lowest BCUT2D eigenvalue weighted by molar-refractivity contribution is -0.141. The number of carbonyl (C=O) groups excluding carboxylic acids is 5. The maximum absolute atomic E-state index is 14.2. The Morgan fingerprint density at radius 3 is 1.91 bits per heavy atom. The summed E-state index contributed by atoms with van der Waals surface area (Å²) in [6.45, 7) is 5.05. The van der Waals surface area contributed by atoms with Crippen molar-refractivity contribution in [3.63, 3.8) is 0 Å². The van der Waals surface area contributed by atoms with Gasteiger partial charge in [-0.1, -0.05) is 91.0 Å². The Bertz CT molecular complexity index is 2210. The zero-order valence-electron chi connectivity index (χ0n) is 31.3. The van der Waals surface area contributed by atoms with E-state index < -0.39 is 71.9 Å². The van der Waals surface area contributed by atoms with E-state index >= 15 is 0 Å². The minimum absolute atomic E-state index is 0.0133. The number of nitrogens with one attached hydrogen (secondary N) is 5. The Hall–Kier alpha value is -6.70. The van der Waals surface area contributed by atoms with Gasteiger partial charge < -0.3 is 41.8 Å². The van der Waals surface area contributed by atoms with Gasteiger partial charge in [0.25, 0.3) is 0 Å². The quantitative estimate of drug-likeness (QED) is 0.0785. The van der Waals surface area contributed by atoms with E-state index in [1.807, 2.05) is 60.7 Å². The van der Waals surface area contributed by atoms with Crippen LogP contribution < -0.4 is 27.0 Å². The maximum Gasteiger partial charge on any atom is 0.408 e. The van der Waals surface area contributed by atoms with E-state index in [0.29, 0.717) is 16.7 Å². The van der Waals surface area contributed by atoms with Crippen LogP contribution in [0.15, 0.2) is 103 Å². The largest absolute Gasteiger partial charge is 0.481 e. The first kappa shape index (κ1) is 40.5. The number of rotatable bonds is 16. The minimum atomic E-state index is -1.66. The molecule has 4 aromatic carbocycles. The molecule has 56 heavy (non-hydrogen) atoms. The number of carbonyl (C=O) groups is 6. The van der Waals surface area contributed by atoms with Gasteiger partial charge in [0.05, 0.1) is 6.42 Å². The van der Waals surface area contributed by atoms with E-state index in [1.54, 1.807) is 63.4 Å². The molecule has 0 saturated heterocycles. The van der Waals surface area contributed by atoms with Crippen LogP contribution >= 0.6 is 0 Å². The van der Waals surface area contributed by atoms with Crippen LogP contribution in [0.3, 0.4) is 0 Å². The van der Waals surface area contributed by atoms with Crippen LogP contribution in [0.25, 0.3) is 21.7 Å². The van der Waals surface area contributed by atoms with Crippen LogP contribution in [0.4, 0.5) is 4.79 Å². The number of fused-ring (bicyclic) bond motifs is 2. The highest BCUT2D eigenvalue weighted by atomic mass is 16.6. The Labute approximate surface area is 323 Å². The van der Waals surface area contributed by atoms with Crippen LogP contribution in [-0.4, -0.2) is 75.6 Å². The molecule has 0 spiro atoms. The summed E-state index contributed by atoms with van der Waals surface area (Å²) in [4.78, 5) is 82.4. The van der Waals surface area contributed by atoms with E-state index in [-0.39, 0.29) is 19.3 Å². The number of carboxylic acids is 1. The number of aromatic amines is 1. The van der Waals surface area contributed by atoms with Crippen molar-refractivity contribution in [3.05, 3.63) is 120 Å². The fraction of sp³-hybridized carbons (Fsp3) is 0.286. The second-order valence-electron chi connectivity index (χ2n) is 14.5. The van der Waals surface area contributed by atoms with Gasteiger partial charge in [-0.25, -0.2) is 4.79 Å². The zero-order chi connectivity index (χ0) is 40.4. The third kappa shape index (κ3) is 11.4. The highest BCUT2D eigenvalue weighted by molar-refractivity contribution is 5.97. The van der Waals surface area contributed by atoms with Crippen molar-refractivity contribution in [1.82, 2.24) is 26.3 Å². The number of hydrogen-bond donors (Lipinski definition) is 7. The molecule has 0 aliphatic carbocycles. The van der Waals surface area contributed by atoms with Crippen molar-refractivity contribution in [3.8, 4) is 0 Å². The first-order valence-corrected chi connectivity index (χ1v) is 18.1. The van der Waals surface area contributed by atoms with E-state index in [9.17, 15) is 33.9 Å². The smallest absolute Gasteiger partial charge is 0.408 e. The van der Waals surface area contributed by atoms with Gasteiger partial charge in [-0.05, 0) is 54.3 Å². The standard InChI is InChI=1S/C42H46N6O8/c1-42(2,3)56-41(55)48-34(22-29-24-44-31-16-10-9-15-30(29)31)39(53)46-33(21-26-17-18-27-13-7-8-14-28(27)19-26)38(52)47-35(23-36(49)50)40(54)45-32(37(43)51)20-25-11-5-4-6-12-25/h4-19,24,32-35,44H,20-23H2,1-3H3,(H2,43,51)(H,45,54)(H,46,53)(H,47,52)(H,48,55)(H,49,50)/t32-,33-,34-,35+/m0/s1. The molecule has 5 aromatic rings. The van der Waals surface area contributed by atoms with Gasteiger partial charge in [0.2, 0.25) is 23.6 Å². The SMILES string of the molecule is CC(C)(C)OC(=O)N[C@@H](Cc1c[nH]c2ccccc12)C(=O)N[C@@H](Cc1ccc2ccccc2c1)C(=O)N[C@H](CC(=O)O)C(=O)N[C@@H](Cc1ccccc1)C(N)=O. The number of carboxylic acid groups (broad SMARTS) is 1. The summed E-state index contributed by atoms with van der Waals surface area (Å²) in [7, 11) is 0. The molecule has 8 N–H and O–H groups in total. The highest BCUT2D eigenvalue weighted by Crippen LogP contribution is 2.21. The number of amides is 5. The van der Waals surface area contributed by atoms with Crippen molar-refractivity contribution < 1.29 is 38.6 Å². The number of aromatic nitrogens is 1. The molecule has 292 valence electrons. The van der Waals surface area contributed by atoms with Crippen LogP contribution in [0.5, 0.6) is 0 Å². The number of para-hydroxylation sites is 1. The Kier molecular flexibility index (Phi) is 13.1. The fourth-order valence-corrected chi connectivity index (χ4v) is 6.26. The monoisotopic (exact) mass is 762 g/mol. The lowest BCUT2D eigenvalue weighted by Crippen LogP contribution is -2.59. The Morgan fingerprint density at radius 1 is 0.661 bits per heavy atom. The Balaban J connectivity index is 1.43. The van der Waals surface area contributed by atoms with E-state index in [1.165, 1.54) is 0 Å². The topological polar surface area (TPSA) is 222 Å². The number of ether oxygens (including phenoxy) is 1. The minimum Gasteiger partial charge on any atom is -0.481 e. The molecule has 0 aliphatic rings. The molecule has 0 aliphatic heterocycles. The number of hydrogen-bond acceptors (Lipinski definition) is 7. The molecule has 0 unspecified atom stereocenters. The molecule has 0 bridgehead atoms. The molecule has 5 amide bonds. The average Bonchev–Trinajstić information content (AvgIpc) is 3.55. The zero-order valence-corrected chi connectivity index (χ0v) is 31.3. The molecule has 14 heteroatoms. The van der Waals surface area contributed by atoms with Gasteiger partial charge in [0, 0.05) is 36.4 Å². The third-order valence-electron chi connectivity index (χ3n) is 8.95. The average molecular weight is 763 g/mol. The highest BCUT2D eigenvalue weighted by Gasteiger charge is 2.33. The molecular formula is C42H46N6O8. The molecular weight excluding hydrogens is 716 g/mol. The van der Waals surface area contributed by atoms with Gasteiger partial charge in [-0.3, -0.25) is 24.0 Å². The molecule has 4 atom stereocenters. The molecule has 14 nitrogen and oxygen atoms in total. The second-order valence-corrected chi connectivity index (χ2v) is 14.5. The van der Waals surface area contributed by atoms with Crippen LogP contribution in [-0.2, 0) is 48.0 Å². The third-order valence-corrected chi connectivity index (χ3v) is 8.95. The van der Waals surface area contributed by atoms with Crippen molar-refractivity contribution in [1.29, 1.82) is 0 Å². The molecule has 0 saturated carbocycles. The molecule has 5 rings (SSSR count). The van der Waals surface area contributed by atoms with Crippen molar-refractivity contribution in [2.24, 2.45) is 5.73 Å². The summed E-state index contributed by atoms with van der Waals surface area (Å²) in [6, 6.07) is 23.8.